The van der Waals surface area contributed by atoms with Gasteiger partial charge in [0.2, 0.25) is 0 Å². The molecule has 1 aliphatic rings. The van der Waals surface area contributed by atoms with Gasteiger partial charge in [0.05, 0.1) is 22.9 Å². The Bertz CT molecular complexity index is 736. The quantitative estimate of drug-likeness (QED) is 0.853. The Morgan fingerprint density at radius 2 is 2.05 bits per heavy atom. The van der Waals surface area contributed by atoms with Crippen molar-refractivity contribution in [3.05, 3.63) is 28.8 Å². The number of hydrogen-bond acceptors (Lipinski definition) is 4. The van der Waals surface area contributed by atoms with Gasteiger partial charge in [-0.15, -0.1) is 0 Å². The highest BCUT2D eigenvalue weighted by molar-refractivity contribution is 7.90. The van der Waals surface area contributed by atoms with Crippen molar-refractivity contribution in [2.24, 2.45) is 0 Å². The second-order valence-electron chi connectivity index (χ2n) is 5.48. The van der Waals surface area contributed by atoms with Crippen molar-refractivity contribution in [1.29, 1.82) is 5.26 Å². The zero-order valence-corrected chi connectivity index (χ0v) is 12.9. The lowest BCUT2D eigenvalue weighted by Gasteiger charge is -2.27. The van der Waals surface area contributed by atoms with Gasteiger partial charge in [0.1, 0.15) is 9.84 Å². The number of fused-ring (bicyclic) bond motifs is 1. The molecule has 0 aromatic heterocycles. The van der Waals surface area contributed by atoms with Crippen molar-refractivity contribution in [2.75, 3.05) is 23.5 Å². The number of nitriles is 1. The van der Waals surface area contributed by atoms with E-state index in [1.807, 2.05) is 0 Å². The first-order valence-corrected chi connectivity index (χ1v) is 8.68. The second kappa shape index (κ2) is 5.47. The van der Waals surface area contributed by atoms with Gasteiger partial charge in [-0.05, 0) is 31.0 Å². The van der Waals surface area contributed by atoms with Crippen molar-refractivity contribution < 1.29 is 21.6 Å². The third-order valence-electron chi connectivity index (χ3n) is 3.68. The highest BCUT2D eigenvalue weighted by Gasteiger charge is 2.40. The summed E-state index contributed by atoms with van der Waals surface area (Å²) < 4.78 is 62.4. The van der Waals surface area contributed by atoms with Crippen LogP contribution in [0.15, 0.2) is 12.1 Å². The number of rotatable bonds is 3. The minimum atomic E-state index is -4.60. The summed E-state index contributed by atoms with van der Waals surface area (Å²) in [5.74, 6) is -0.131. The standard InChI is InChI=1S/C14H15F3N2O2S/c1-9(8-22(2,20)21)19-6-5-11-12(19)4-3-10(7-18)13(11)14(15,16)17/h3-4,9H,5-6,8H2,1-2H3/t9-/m1/s1. The summed E-state index contributed by atoms with van der Waals surface area (Å²) >= 11 is 0. The molecule has 0 bridgehead atoms. The third kappa shape index (κ3) is 3.19. The summed E-state index contributed by atoms with van der Waals surface area (Å²) in [5.41, 5.74) is -0.861. The molecule has 0 aliphatic carbocycles. The molecule has 8 heteroatoms. The SMILES string of the molecule is C[C@H](CS(C)(=O)=O)N1CCc2c1ccc(C#N)c2C(F)(F)F. The van der Waals surface area contributed by atoms with Crippen molar-refractivity contribution in [2.45, 2.75) is 25.6 Å². The fourth-order valence-corrected chi connectivity index (χ4v) is 3.97. The molecule has 0 spiro atoms. The van der Waals surface area contributed by atoms with Gasteiger partial charge >= 0.3 is 6.18 Å². The molecule has 0 unspecified atom stereocenters. The van der Waals surface area contributed by atoms with Crippen LogP contribution in [0.2, 0.25) is 0 Å². The fraction of sp³-hybridized carbons (Fsp3) is 0.500. The van der Waals surface area contributed by atoms with Gasteiger partial charge in [-0.1, -0.05) is 0 Å². The molecular weight excluding hydrogens is 317 g/mol. The molecule has 1 aromatic carbocycles. The molecule has 4 nitrogen and oxygen atoms in total. The predicted octanol–water partition coefficient (Wildman–Crippen LogP) is 2.37. The van der Waals surface area contributed by atoms with Crippen LogP contribution in [0.5, 0.6) is 0 Å². The van der Waals surface area contributed by atoms with Gasteiger partial charge in [0.15, 0.2) is 0 Å². The minimum absolute atomic E-state index is 0.0758. The first-order valence-electron chi connectivity index (χ1n) is 6.62. The predicted molar refractivity (Wildman–Crippen MR) is 76.4 cm³/mol. The molecule has 2 rings (SSSR count). The van der Waals surface area contributed by atoms with Crippen molar-refractivity contribution >= 4 is 15.5 Å². The summed E-state index contributed by atoms with van der Waals surface area (Å²) in [6, 6.07) is 3.77. The number of halogens is 3. The highest BCUT2D eigenvalue weighted by atomic mass is 32.2. The number of anilines is 1. The van der Waals surface area contributed by atoms with E-state index in [1.165, 1.54) is 6.07 Å². The molecule has 1 atom stereocenters. The van der Waals surface area contributed by atoms with Crippen LogP contribution in [0.1, 0.15) is 23.6 Å². The van der Waals surface area contributed by atoms with E-state index >= 15 is 0 Å². The van der Waals surface area contributed by atoms with E-state index in [0.29, 0.717) is 12.2 Å². The fourth-order valence-electron chi connectivity index (χ4n) is 2.91. The van der Waals surface area contributed by atoms with E-state index in [-0.39, 0.29) is 17.7 Å². The molecule has 1 heterocycles. The molecule has 0 amide bonds. The zero-order chi connectivity index (χ0) is 16.7. The average molecular weight is 332 g/mol. The van der Waals surface area contributed by atoms with E-state index in [2.05, 4.69) is 0 Å². The van der Waals surface area contributed by atoms with Crippen LogP contribution in [0, 0.1) is 11.3 Å². The molecular formula is C14H15F3N2O2S. The maximum absolute atomic E-state index is 13.2. The van der Waals surface area contributed by atoms with Crippen LogP contribution < -0.4 is 4.90 Å². The average Bonchev–Trinajstić information content (AvgIpc) is 2.77. The molecule has 0 radical (unpaired) electrons. The van der Waals surface area contributed by atoms with Crippen LogP contribution in [0.25, 0.3) is 0 Å². The van der Waals surface area contributed by atoms with E-state index in [9.17, 15) is 21.6 Å². The van der Waals surface area contributed by atoms with Gasteiger partial charge in [-0.25, -0.2) is 8.42 Å². The Kier molecular flexibility index (Phi) is 4.13. The lowest BCUT2D eigenvalue weighted by atomic mass is 9.99. The Morgan fingerprint density at radius 3 is 2.55 bits per heavy atom. The first kappa shape index (κ1) is 16.6. The number of alkyl halides is 3. The lowest BCUT2D eigenvalue weighted by molar-refractivity contribution is -0.138. The molecule has 0 N–H and O–H groups in total. The third-order valence-corrected chi connectivity index (χ3v) is 4.77. The van der Waals surface area contributed by atoms with Gasteiger partial charge < -0.3 is 4.90 Å². The van der Waals surface area contributed by atoms with E-state index in [4.69, 9.17) is 5.26 Å². The van der Waals surface area contributed by atoms with Crippen LogP contribution in [0.3, 0.4) is 0 Å². The van der Waals surface area contributed by atoms with Crippen LogP contribution in [0.4, 0.5) is 18.9 Å². The maximum atomic E-state index is 13.2. The molecule has 0 saturated heterocycles. The number of benzene rings is 1. The van der Waals surface area contributed by atoms with Crippen molar-refractivity contribution in [1.82, 2.24) is 0 Å². The molecule has 0 fully saturated rings. The molecule has 120 valence electrons. The summed E-state index contributed by atoms with van der Waals surface area (Å²) in [4.78, 5) is 1.66. The van der Waals surface area contributed by atoms with Gasteiger partial charge in [-0.2, -0.15) is 18.4 Å². The molecule has 0 saturated carbocycles. The number of nitrogens with zero attached hydrogens (tertiary/aromatic N) is 2. The van der Waals surface area contributed by atoms with Gasteiger partial charge in [-0.3, -0.25) is 0 Å². The lowest BCUT2D eigenvalue weighted by Crippen LogP contribution is -2.36. The smallest absolute Gasteiger partial charge is 0.367 e. The minimum Gasteiger partial charge on any atom is -0.367 e. The van der Waals surface area contributed by atoms with Crippen molar-refractivity contribution in [3.8, 4) is 6.07 Å². The molecule has 1 aliphatic heterocycles. The Balaban J connectivity index is 2.48. The molecule has 22 heavy (non-hydrogen) atoms. The van der Waals surface area contributed by atoms with Crippen LogP contribution in [-0.2, 0) is 22.4 Å². The Hall–Kier alpha value is -1.75. The van der Waals surface area contributed by atoms with Crippen molar-refractivity contribution in [3.63, 3.8) is 0 Å². The van der Waals surface area contributed by atoms with E-state index < -0.39 is 33.2 Å². The highest BCUT2D eigenvalue weighted by Crippen LogP contribution is 2.42. The van der Waals surface area contributed by atoms with Gasteiger partial charge in [0.25, 0.3) is 0 Å². The van der Waals surface area contributed by atoms with Crippen LogP contribution in [-0.4, -0.2) is 33.0 Å². The largest absolute Gasteiger partial charge is 0.418 e. The van der Waals surface area contributed by atoms with Crippen LogP contribution >= 0.6 is 0 Å². The Labute approximate surface area is 127 Å². The summed E-state index contributed by atoms with van der Waals surface area (Å²) in [6.45, 7) is 1.98. The first-order chi connectivity index (χ1) is 10.0. The Morgan fingerprint density at radius 1 is 1.41 bits per heavy atom. The topological polar surface area (TPSA) is 61.2 Å². The summed E-state index contributed by atoms with van der Waals surface area (Å²) in [7, 11) is -3.23. The van der Waals surface area contributed by atoms with E-state index in [0.717, 1.165) is 12.3 Å². The summed E-state index contributed by atoms with van der Waals surface area (Å²) in [6.07, 6.45) is -3.36. The monoisotopic (exact) mass is 332 g/mol. The zero-order valence-electron chi connectivity index (χ0n) is 12.1. The normalized spacial score (nSPS) is 16.3. The number of hydrogen-bond donors (Lipinski definition) is 0. The molecule has 1 aromatic rings. The number of sulfone groups is 1. The van der Waals surface area contributed by atoms with Gasteiger partial charge in [0, 0.05) is 24.5 Å². The summed E-state index contributed by atoms with van der Waals surface area (Å²) in [5, 5.41) is 8.90. The second-order valence-corrected chi connectivity index (χ2v) is 7.67. The van der Waals surface area contributed by atoms with E-state index in [1.54, 1.807) is 17.9 Å². The maximum Gasteiger partial charge on any atom is 0.418 e.